The number of rotatable bonds is 6. The van der Waals surface area contributed by atoms with Crippen molar-refractivity contribution in [2.24, 2.45) is 11.8 Å². The number of hydrogen-bond donors (Lipinski definition) is 1. The standard InChI is InChI=1S/C23H29NO5/c25-20(18-5-4-15-2-1-3-17(15)14-18)6-7-21(26)24-11-8-16(9-12-24)22-19(23(27)28)10-13-29-22/h4-5,14,16,19,22H,1-3,6-13H2,(H,27,28)/t19?,22-/m0/s1. The van der Waals surface area contributed by atoms with Crippen molar-refractivity contribution in [2.45, 2.75) is 57.5 Å². The zero-order chi connectivity index (χ0) is 20.4. The molecule has 1 amide bonds. The first-order valence-electron chi connectivity index (χ1n) is 10.8. The Morgan fingerprint density at radius 3 is 2.55 bits per heavy atom. The number of ether oxygens (including phenoxy) is 1. The Morgan fingerprint density at radius 1 is 1.03 bits per heavy atom. The Morgan fingerprint density at radius 2 is 1.79 bits per heavy atom. The molecule has 2 saturated heterocycles. The van der Waals surface area contributed by atoms with Crippen LogP contribution in [0, 0.1) is 11.8 Å². The van der Waals surface area contributed by atoms with E-state index in [2.05, 4.69) is 6.07 Å². The number of benzene rings is 1. The van der Waals surface area contributed by atoms with Gasteiger partial charge in [-0.2, -0.15) is 0 Å². The number of fused-ring (bicyclic) bond motifs is 1. The molecule has 2 atom stereocenters. The molecule has 2 aliphatic heterocycles. The third-order valence-corrected chi connectivity index (χ3v) is 6.80. The Hall–Kier alpha value is -2.21. The maximum absolute atomic E-state index is 12.6. The number of piperidine rings is 1. The molecule has 1 aromatic rings. The first kappa shape index (κ1) is 20.1. The van der Waals surface area contributed by atoms with E-state index < -0.39 is 11.9 Å². The summed E-state index contributed by atoms with van der Waals surface area (Å²) in [5, 5.41) is 9.35. The lowest BCUT2D eigenvalue weighted by Crippen LogP contribution is -2.43. The van der Waals surface area contributed by atoms with E-state index in [-0.39, 0.29) is 36.6 Å². The molecular formula is C23H29NO5. The third-order valence-electron chi connectivity index (χ3n) is 6.80. The molecule has 1 aliphatic carbocycles. The van der Waals surface area contributed by atoms with Crippen LogP contribution in [0.2, 0.25) is 0 Å². The van der Waals surface area contributed by atoms with Gasteiger partial charge in [0, 0.05) is 38.1 Å². The largest absolute Gasteiger partial charge is 0.481 e. The maximum Gasteiger partial charge on any atom is 0.309 e. The minimum absolute atomic E-state index is 0.0140. The van der Waals surface area contributed by atoms with Gasteiger partial charge in [0.15, 0.2) is 5.78 Å². The molecule has 2 heterocycles. The van der Waals surface area contributed by atoms with E-state index >= 15 is 0 Å². The van der Waals surface area contributed by atoms with Gasteiger partial charge in [0.05, 0.1) is 12.0 Å². The average molecular weight is 399 g/mol. The number of aryl methyl sites for hydroxylation is 2. The summed E-state index contributed by atoms with van der Waals surface area (Å²) in [6.07, 6.45) is 5.63. The summed E-state index contributed by atoms with van der Waals surface area (Å²) >= 11 is 0. The van der Waals surface area contributed by atoms with Gasteiger partial charge in [0.1, 0.15) is 0 Å². The van der Waals surface area contributed by atoms with Gasteiger partial charge in [-0.15, -0.1) is 0 Å². The normalized spacial score (nSPS) is 24.5. The zero-order valence-corrected chi connectivity index (χ0v) is 16.8. The SMILES string of the molecule is O=C(CCC(=O)N1CCC([C@@H]2OCCC2C(=O)O)CC1)c1ccc2c(c1)CCC2. The van der Waals surface area contributed by atoms with Crippen molar-refractivity contribution in [1.29, 1.82) is 0 Å². The Bertz CT molecular complexity index is 796. The van der Waals surface area contributed by atoms with Crippen LogP contribution in [0.5, 0.6) is 0 Å². The second kappa shape index (κ2) is 8.66. The molecule has 1 N–H and O–H groups in total. The van der Waals surface area contributed by atoms with Crippen molar-refractivity contribution < 1.29 is 24.2 Å². The van der Waals surface area contributed by atoms with Crippen LogP contribution < -0.4 is 0 Å². The van der Waals surface area contributed by atoms with E-state index in [4.69, 9.17) is 4.74 Å². The van der Waals surface area contributed by atoms with Crippen molar-refractivity contribution in [3.8, 4) is 0 Å². The Labute approximate surface area is 171 Å². The molecular weight excluding hydrogens is 370 g/mol. The molecule has 156 valence electrons. The summed E-state index contributed by atoms with van der Waals surface area (Å²) in [6, 6.07) is 5.95. The van der Waals surface area contributed by atoms with Gasteiger partial charge in [-0.25, -0.2) is 0 Å². The Kier molecular flexibility index (Phi) is 5.99. The minimum Gasteiger partial charge on any atom is -0.481 e. The second-order valence-corrected chi connectivity index (χ2v) is 8.55. The number of Topliss-reactive ketones (excluding diaryl/α,β-unsaturated/α-hetero) is 1. The Balaban J connectivity index is 1.25. The fourth-order valence-corrected chi connectivity index (χ4v) is 5.09. The number of carbonyl (C=O) groups is 3. The highest BCUT2D eigenvalue weighted by Crippen LogP contribution is 2.33. The maximum atomic E-state index is 12.6. The number of hydrogen-bond acceptors (Lipinski definition) is 4. The molecule has 1 aromatic carbocycles. The highest BCUT2D eigenvalue weighted by Gasteiger charge is 2.40. The highest BCUT2D eigenvalue weighted by atomic mass is 16.5. The third kappa shape index (κ3) is 4.37. The van der Waals surface area contributed by atoms with E-state index in [1.54, 1.807) is 0 Å². The summed E-state index contributed by atoms with van der Waals surface area (Å²) in [5.74, 6) is -0.967. The van der Waals surface area contributed by atoms with Gasteiger partial charge in [-0.3, -0.25) is 14.4 Å². The molecule has 2 fully saturated rings. The predicted octanol–water partition coefficient (Wildman–Crippen LogP) is 2.87. The number of carboxylic acid groups (broad SMARTS) is 1. The first-order chi connectivity index (χ1) is 14.0. The number of amides is 1. The molecule has 6 heteroatoms. The fraction of sp³-hybridized carbons (Fsp3) is 0.609. The molecule has 0 bridgehead atoms. The monoisotopic (exact) mass is 399 g/mol. The number of likely N-dealkylation sites (tertiary alicyclic amines) is 1. The van der Waals surface area contributed by atoms with Gasteiger partial charge >= 0.3 is 5.97 Å². The molecule has 0 spiro atoms. The topological polar surface area (TPSA) is 83.9 Å². The highest BCUT2D eigenvalue weighted by molar-refractivity contribution is 5.98. The number of ketones is 1. The van der Waals surface area contributed by atoms with E-state index in [1.165, 1.54) is 11.1 Å². The van der Waals surface area contributed by atoms with Crippen LogP contribution in [-0.2, 0) is 27.2 Å². The van der Waals surface area contributed by atoms with Crippen molar-refractivity contribution in [3.63, 3.8) is 0 Å². The summed E-state index contributed by atoms with van der Waals surface area (Å²) in [6.45, 7) is 1.73. The van der Waals surface area contributed by atoms with Crippen molar-refractivity contribution in [2.75, 3.05) is 19.7 Å². The molecule has 0 aromatic heterocycles. The van der Waals surface area contributed by atoms with Gasteiger partial charge < -0.3 is 14.7 Å². The number of carboxylic acids is 1. The van der Waals surface area contributed by atoms with Crippen LogP contribution in [0.4, 0.5) is 0 Å². The summed E-state index contributed by atoms with van der Waals surface area (Å²) < 4.78 is 5.69. The fourth-order valence-electron chi connectivity index (χ4n) is 5.09. The van der Waals surface area contributed by atoms with E-state index in [1.807, 2.05) is 17.0 Å². The van der Waals surface area contributed by atoms with E-state index in [9.17, 15) is 19.5 Å². The average Bonchev–Trinajstić information content (AvgIpc) is 3.40. The predicted molar refractivity (Wildman–Crippen MR) is 107 cm³/mol. The summed E-state index contributed by atoms with van der Waals surface area (Å²) in [7, 11) is 0. The molecule has 4 rings (SSSR count). The van der Waals surface area contributed by atoms with Gasteiger partial charge in [-0.1, -0.05) is 12.1 Å². The molecule has 3 aliphatic rings. The number of carbonyl (C=O) groups excluding carboxylic acids is 2. The van der Waals surface area contributed by atoms with Crippen molar-refractivity contribution in [3.05, 3.63) is 34.9 Å². The van der Waals surface area contributed by atoms with E-state index in [0.717, 1.165) is 37.7 Å². The number of aliphatic carboxylic acids is 1. The van der Waals surface area contributed by atoms with Crippen LogP contribution in [0.15, 0.2) is 18.2 Å². The zero-order valence-electron chi connectivity index (χ0n) is 16.8. The number of nitrogens with zero attached hydrogens (tertiary/aromatic N) is 1. The summed E-state index contributed by atoms with van der Waals surface area (Å²) in [5.41, 5.74) is 3.34. The van der Waals surface area contributed by atoms with Crippen molar-refractivity contribution in [1.82, 2.24) is 4.90 Å². The molecule has 1 unspecified atom stereocenters. The molecule has 29 heavy (non-hydrogen) atoms. The minimum atomic E-state index is -0.781. The lowest BCUT2D eigenvalue weighted by atomic mass is 9.84. The lowest BCUT2D eigenvalue weighted by Gasteiger charge is -2.35. The van der Waals surface area contributed by atoms with E-state index in [0.29, 0.717) is 26.1 Å². The summed E-state index contributed by atoms with van der Waals surface area (Å²) in [4.78, 5) is 38.3. The smallest absolute Gasteiger partial charge is 0.309 e. The quantitative estimate of drug-likeness (QED) is 0.744. The molecule has 6 nitrogen and oxygen atoms in total. The van der Waals surface area contributed by atoms with Crippen LogP contribution in [0.25, 0.3) is 0 Å². The second-order valence-electron chi connectivity index (χ2n) is 8.55. The lowest BCUT2D eigenvalue weighted by molar-refractivity contribution is -0.146. The van der Waals surface area contributed by atoms with Crippen LogP contribution in [-0.4, -0.2) is 53.5 Å². The van der Waals surface area contributed by atoms with Crippen LogP contribution in [0.3, 0.4) is 0 Å². The molecule has 0 radical (unpaired) electrons. The van der Waals surface area contributed by atoms with Crippen LogP contribution in [0.1, 0.15) is 60.0 Å². The molecule has 0 saturated carbocycles. The van der Waals surface area contributed by atoms with Crippen molar-refractivity contribution >= 4 is 17.7 Å². The van der Waals surface area contributed by atoms with Crippen LogP contribution >= 0.6 is 0 Å². The van der Waals surface area contributed by atoms with Gasteiger partial charge in [0.2, 0.25) is 5.91 Å². The van der Waals surface area contributed by atoms with Gasteiger partial charge in [0.25, 0.3) is 0 Å². The first-order valence-corrected chi connectivity index (χ1v) is 10.8. The van der Waals surface area contributed by atoms with Gasteiger partial charge in [-0.05, 0) is 61.6 Å².